The van der Waals surface area contributed by atoms with E-state index in [0.717, 1.165) is 0 Å². The van der Waals surface area contributed by atoms with Gasteiger partial charge in [-0.05, 0) is 5.92 Å². The van der Waals surface area contributed by atoms with Crippen LogP contribution in [0.1, 0.15) is 13.8 Å². The molecule has 0 aliphatic heterocycles. The van der Waals surface area contributed by atoms with Crippen molar-refractivity contribution < 1.29 is 4.39 Å². The predicted octanol–water partition coefficient (Wildman–Crippen LogP) is 1.50. The van der Waals surface area contributed by atoms with Crippen molar-refractivity contribution in [1.29, 1.82) is 0 Å². The molecule has 0 heterocycles. The summed E-state index contributed by atoms with van der Waals surface area (Å²) in [6.45, 7) is 6.96. The monoisotopic (exact) mass is 131 g/mol. The Balaban J connectivity index is 4.08. The number of rotatable bonds is 3. The SMILES string of the molecule is C=CC(F)(CN)C(C)C. The van der Waals surface area contributed by atoms with Crippen LogP contribution in [0.25, 0.3) is 0 Å². The smallest absolute Gasteiger partial charge is 0.143 e. The first-order chi connectivity index (χ1) is 4.06. The van der Waals surface area contributed by atoms with E-state index in [1.165, 1.54) is 6.08 Å². The lowest BCUT2D eigenvalue weighted by atomic mass is 9.93. The average Bonchev–Trinajstić information content (AvgIpc) is 1.86. The van der Waals surface area contributed by atoms with E-state index >= 15 is 0 Å². The lowest BCUT2D eigenvalue weighted by Crippen LogP contribution is -2.35. The Bertz CT molecular complexity index is 101. The second kappa shape index (κ2) is 2.97. The van der Waals surface area contributed by atoms with Gasteiger partial charge in [0.15, 0.2) is 0 Å². The Morgan fingerprint density at radius 2 is 2.22 bits per heavy atom. The number of hydrogen-bond donors (Lipinski definition) is 1. The standard InChI is InChI=1S/C7H14FN/c1-4-7(8,5-9)6(2)3/h4,6H,1,5,9H2,2-3H3. The van der Waals surface area contributed by atoms with E-state index in [1.807, 2.05) is 0 Å². The number of nitrogens with two attached hydrogens (primary N) is 1. The predicted molar refractivity (Wildman–Crippen MR) is 37.9 cm³/mol. The van der Waals surface area contributed by atoms with Crippen molar-refractivity contribution in [1.82, 2.24) is 0 Å². The van der Waals surface area contributed by atoms with Crippen LogP contribution in [0.4, 0.5) is 4.39 Å². The molecule has 0 aromatic rings. The van der Waals surface area contributed by atoms with Crippen molar-refractivity contribution in [3.8, 4) is 0 Å². The maximum absolute atomic E-state index is 13.1. The molecular weight excluding hydrogens is 117 g/mol. The van der Waals surface area contributed by atoms with Gasteiger partial charge in [-0.3, -0.25) is 0 Å². The van der Waals surface area contributed by atoms with E-state index in [1.54, 1.807) is 13.8 Å². The molecule has 0 aromatic heterocycles. The van der Waals surface area contributed by atoms with Gasteiger partial charge in [-0.2, -0.15) is 0 Å². The lowest BCUT2D eigenvalue weighted by molar-refractivity contribution is 0.170. The van der Waals surface area contributed by atoms with Crippen molar-refractivity contribution in [2.75, 3.05) is 6.54 Å². The van der Waals surface area contributed by atoms with Gasteiger partial charge in [-0.1, -0.05) is 26.5 Å². The molecule has 2 heteroatoms. The minimum Gasteiger partial charge on any atom is -0.327 e. The zero-order chi connectivity index (χ0) is 7.49. The third kappa shape index (κ3) is 1.79. The first-order valence-electron chi connectivity index (χ1n) is 3.09. The first-order valence-corrected chi connectivity index (χ1v) is 3.09. The molecule has 1 atom stereocenters. The summed E-state index contributed by atoms with van der Waals surface area (Å²) in [5.41, 5.74) is 3.80. The van der Waals surface area contributed by atoms with Gasteiger partial charge in [-0.25, -0.2) is 4.39 Å². The molecule has 0 amide bonds. The van der Waals surface area contributed by atoms with Gasteiger partial charge in [-0.15, -0.1) is 0 Å². The fourth-order valence-corrected chi connectivity index (χ4v) is 0.555. The van der Waals surface area contributed by atoms with Gasteiger partial charge in [0, 0.05) is 6.54 Å². The lowest BCUT2D eigenvalue weighted by Gasteiger charge is -2.22. The number of halogens is 1. The van der Waals surface area contributed by atoms with Gasteiger partial charge in [0.25, 0.3) is 0 Å². The Morgan fingerprint density at radius 1 is 1.78 bits per heavy atom. The third-order valence-electron chi connectivity index (χ3n) is 1.61. The van der Waals surface area contributed by atoms with E-state index in [4.69, 9.17) is 5.73 Å². The summed E-state index contributed by atoms with van der Waals surface area (Å²) in [6.07, 6.45) is 1.28. The summed E-state index contributed by atoms with van der Waals surface area (Å²) in [5, 5.41) is 0. The largest absolute Gasteiger partial charge is 0.327 e. The maximum Gasteiger partial charge on any atom is 0.143 e. The van der Waals surface area contributed by atoms with Crippen molar-refractivity contribution in [3.05, 3.63) is 12.7 Å². The van der Waals surface area contributed by atoms with E-state index in [0.29, 0.717) is 0 Å². The van der Waals surface area contributed by atoms with Crippen LogP contribution in [0.3, 0.4) is 0 Å². The fraction of sp³-hybridized carbons (Fsp3) is 0.714. The van der Waals surface area contributed by atoms with E-state index in [2.05, 4.69) is 6.58 Å². The summed E-state index contributed by atoms with van der Waals surface area (Å²) < 4.78 is 13.1. The van der Waals surface area contributed by atoms with Crippen LogP contribution in [0.2, 0.25) is 0 Å². The van der Waals surface area contributed by atoms with Crippen LogP contribution in [0, 0.1) is 5.92 Å². The Hall–Kier alpha value is -0.370. The quantitative estimate of drug-likeness (QED) is 0.577. The molecular formula is C7H14FN. The normalized spacial score (nSPS) is 17.4. The van der Waals surface area contributed by atoms with E-state index in [-0.39, 0.29) is 12.5 Å². The van der Waals surface area contributed by atoms with Crippen LogP contribution in [-0.2, 0) is 0 Å². The topological polar surface area (TPSA) is 26.0 Å². The third-order valence-corrected chi connectivity index (χ3v) is 1.61. The minimum atomic E-state index is -1.38. The van der Waals surface area contributed by atoms with Crippen LogP contribution < -0.4 is 5.73 Å². The highest BCUT2D eigenvalue weighted by molar-refractivity contribution is 4.99. The Labute approximate surface area is 55.7 Å². The number of alkyl halides is 1. The molecule has 0 aliphatic carbocycles. The average molecular weight is 131 g/mol. The minimum absolute atomic E-state index is 0.0220. The van der Waals surface area contributed by atoms with Gasteiger partial charge < -0.3 is 5.73 Å². The van der Waals surface area contributed by atoms with Gasteiger partial charge >= 0.3 is 0 Å². The highest BCUT2D eigenvalue weighted by Crippen LogP contribution is 2.21. The summed E-state index contributed by atoms with van der Waals surface area (Å²) in [6, 6.07) is 0. The number of hydrogen-bond acceptors (Lipinski definition) is 1. The Morgan fingerprint density at radius 3 is 2.22 bits per heavy atom. The van der Waals surface area contributed by atoms with Crippen LogP contribution in [0.15, 0.2) is 12.7 Å². The van der Waals surface area contributed by atoms with E-state index in [9.17, 15) is 4.39 Å². The van der Waals surface area contributed by atoms with Crippen molar-refractivity contribution in [3.63, 3.8) is 0 Å². The van der Waals surface area contributed by atoms with Crippen molar-refractivity contribution in [2.24, 2.45) is 11.7 Å². The fourth-order valence-electron chi connectivity index (χ4n) is 0.555. The van der Waals surface area contributed by atoms with E-state index < -0.39 is 5.67 Å². The molecule has 0 saturated heterocycles. The zero-order valence-corrected chi connectivity index (χ0v) is 6.02. The molecule has 9 heavy (non-hydrogen) atoms. The second-order valence-corrected chi connectivity index (χ2v) is 2.49. The maximum atomic E-state index is 13.1. The summed E-state index contributed by atoms with van der Waals surface area (Å²) in [4.78, 5) is 0. The molecule has 0 fully saturated rings. The van der Waals surface area contributed by atoms with Crippen molar-refractivity contribution in [2.45, 2.75) is 19.5 Å². The highest BCUT2D eigenvalue weighted by Gasteiger charge is 2.27. The molecule has 0 rings (SSSR count). The summed E-state index contributed by atoms with van der Waals surface area (Å²) in [7, 11) is 0. The zero-order valence-electron chi connectivity index (χ0n) is 6.02. The molecule has 0 bridgehead atoms. The molecule has 0 aromatic carbocycles. The van der Waals surface area contributed by atoms with Crippen LogP contribution in [0.5, 0.6) is 0 Å². The molecule has 0 saturated carbocycles. The second-order valence-electron chi connectivity index (χ2n) is 2.49. The van der Waals surface area contributed by atoms with Gasteiger partial charge in [0.05, 0.1) is 0 Å². The van der Waals surface area contributed by atoms with Gasteiger partial charge in [0.1, 0.15) is 5.67 Å². The summed E-state index contributed by atoms with van der Waals surface area (Å²) in [5.74, 6) is -0.0833. The molecule has 0 radical (unpaired) electrons. The van der Waals surface area contributed by atoms with Crippen molar-refractivity contribution >= 4 is 0 Å². The molecule has 0 aliphatic rings. The molecule has 1 unspecified atom stereocenters. The summed E-state index contributed by atoms with van der Waals surface area (Å²) >= 11 is 0. The molecule has 2 N–H and O–H groups in total. The molecule has 54 valence electrons. The van der Waals surface area contributed by atoms with Crippen LogP contribution in [-0.4, -0.2) is 12.2 Å². The van der Waals surface area contributed by atoms with Gasteiger partial charge in [0.2, 0.25) is 0 Å². The van der Waals surface area contributed by atoms with Crippen LogP contribution >= 0.6 is 0 Å². The first kappa shape index (κ1) is 8.63. The molecule has 0 spiro atoms. The molecule has 1 nitrogen and oxygen atoms in total. The highest BCUT2D eigenvalue weighted by atomic mass is 19.1. The Kier molecular flexibility index (Phi) is 2.85.